The molecule has 1 fully saturated rings. The maximum absolute atomic E-state index is 12.7. The Morgan fingerprint density at radius 2 is 1.79 bits per heavy atom. The first-order chi connectivity index (χ1) is 11.5. The highest BCUT2D eigenvalue weighted by Gasteiger charge is 2.37. The van der Waals surface area contributed by atoms with Crippen LogP contribution in [0.2, 0.25) is 5.02 Å². The fraction of sp³-hybridized carbons (Fsp3) is 0. The van der Waals surface area contributed by atoms with Gasteiger partial charge in [-0.1, -0.05) is 51.8 Å². The molecule has 7 heteroatoms. The van der Waals surface area contributed by atoms with Gasteiger partial charge in [-0.3, -0.25) is 14.9 Å². The zero-order valence-corrected chi connectivity index (χ0v) is 14.5. The number of carbonyl (C=O) groups excluding carboxylic acids is 3. The number of halogens is 2. The summed E-state index contributed by atoms with van der Waals surface area (Å²) in [6.07, 6.45) is 1.43. The summed E-state index contributed by atoms with van der Waals surface area (Å²) in [6, 6.07) is 12.7. The maximum Gasteiger partial charge on any atom is 0.335 e. The van der Waals surface area contributed by atoms with Crippen LogP contribution in [0.15, 0.2) is 58.6 Å². The number of anilines is 1. The monoisotopic (exact) mass is 404 g/mol. The summed E-state index contributed by atoms with van der Waals surface area (Å²) < 4.78 is 0.805. The van der Waals surface area contributed by atoms with Crippen LogP contribution in [-0.2, 0) is 9.59 Å². The summed E-state index contributed by atoms with van der Waals surface area (Å²) in [5.74, 6) is -1.47. The van der Waals surface area contributed by atoms with Gasteiger partial charge in [-0.2, -0.15) is 0 Å². The average molecular weight is 406 g/mol. The minimum atomic E-state index is -0.829. The molecule has 2 aromatic carbocycles. The standard InChI is InChI=1S/C17H10BrClN2O3/c18-11-5-3-4-10(8-11)9-12-15(22)20-17(24)21(16(12)23)14-7-2-1-6-13(14)19/h1-9H,(H,20,22,24)/b12-9+. The molecule has 1 heterocycles. The zero-order chi connectivity index (χ0) is 17.3. The van der Waals surface area contributed by atoms with E-state index in [0.29, 0.717) is 5.56 Å². The minimum absolute atomic E-state index is 0.146. The highest BCUT2D eigenvalue weighted by Crippen LogP contribution is 2.28. The summed E-state index contributed by atoms with van der Waals surface area (Å²) in [5.41, 5.74) is 0.721. The van der Waals surface area contributed by atoms with E-state index in [1.54, 1.807) is 36.4 Å². The van der Waals surface area contributed by atoms with Crippen LogP contribution in [0.1, 0.15) is 5.56 Å². The third-order valence-electron chi connectivity index (χ3n) is 3.35. The molecule has 0 radical (unpaired) electrons. The number of nitrogens with one attached hydrogen (secondary N) is 1. The topological polar surface area (TPSA) is 66.5 Å². The van der Waals surface area contributed by atoms with E-state index in [0.717, 1.165) is 9.37 Å². The molecule has 3 rings (SSSR count). The summed E-state index contributed by atoms with van der Waals surface area (Å²) in [5, 5.41) is 2.39. The number of amides is 4. The van der Waals surface area contributed by atoms with E-state index in [9.17, 15) is 14.4 Å². The van der Waals surface area contributed by atoms with Crippen LogP contribution in [0.5, 0.6) is 0 Å². The van der Waals surface area contributed by atoms with E-state index in [4.69, 9.17) is 11.6 Å². The number of nitrogens with zero attached hydrogens (tertiary/aromatic N) is 1. The molecule has 1 aliphatic heterocycles. The minimum Gasteiger partial charge on any atom is -0.273 e. The molecule has 4 amide bonds. The number of hydrogen-bond acceptors (Lipinski definition) is 3. The molecule has 0 aliphatic carbocycles. The Bertz CT molecular complexity index is 895. The van der Waals surface area contributed by atoms with Crippen LogP contribution < -0.4 is 10.2 Å². The van der Waals surface area contributed by atoms with Crippen molar-refractivity contribution in [1.29, 1.82) is 0 Å². The molecule has 1 N–H and O–H groups in total. The van der Waals surface area contributed by atoms with Crippen LogP contribution >= 0.6 is 27.5 Å². The van der Waals surface area contributed by atoms with E-state index >= 15 is 0 Å². The maximum atomic E-state index is 12.7. The average Bonchev–Trinajstić information content (AvgIpc) is 2.53. The Hall–Kier alpha value is -2.44. The van der Waals surface area contributed by atoms with Gasteiger partial charge in [-0.25, -0.2) is 9.69 Å². The third-order valence-corrected chi connectivity index (χ3v) is 4.17. The van der Waals surface area contributed by atoms with Crippen LogP contribution in [0.25, 0.3) is 6.08 Å². The predicted octanol–water partition coefficient (Wildman–Crippen LogP) is 3.77. The number of urea groups is 1. The van der Waals surface area contributed by atoms with Gasteiger partial charge in [0.1, 0.15) is 5.57 Å². The first-order valence-corrected chi connectivity index (χ1v) is 8.06. The van der Waals surface area contributed by atoms with Crippen molar-refractivity contribution in [3.8, 4) is 0 Å². The SMILES string of the molecule is O=C1NC(=O)N(c2ccccc2Cl)C(=O)/C1=C/c1cccc(Br)c1. The van der Waals surface area contributed by atoms with Gasteiger partial charge in [-0.15, -0.1) is 0 Å². The molecule has 0 bridgehead atoms. The molecule has 24 heavy (non-hydrogen) atoms. The second kappa shape index (κ2) is 6.59. The Labute approximate surface area is 151 Å². The van der Waals surface area contributed by atoms with Crippen LogP contribution in [0.4, 0.5) is 10.5 Å². The molecule has 5 nitrogen and oxygen atoms in total. The smallest absolute Gasteiger partial charge is 0.273 e. The molecular formula is C17H10BrClN2O3. The fourth-order valence-corrected chi connectivity index (χ4v) is 2.91. The van der Waals surface area contributed by atoms with Gasteiger partial charge in [0.05, 0.1) is 10.7 Å². The van der Waals surface area contributed by atoms with E-state index in [2.05, 4.69) is 21.2 Å². The van der Waals surface area contributed by atoms with Crippen LogP contribution in [0.3, 0.4) is 0 Å². The quantitative estimate of drug-likeness (QED) is 0.611. The first-order valence-electron chi connectivity index (χ1n) is 6.89. The summed E-state index contributed by atoms with van der Waals surface area (Å²) in [6.45, 7) is 0. The second-order valence-corrected chi connectivity index (χ2v) is 6.29. The Morgan fingerprint density at radius 3 is 2.50 bits per heavy atom. The normalized spacial score (nSPS) is 16.5. The summed E-state index contributed by atoms with van der Waals surface area (Å²) in [7, 11) is 0. The van der Waals surface area contributed by atoms with Crippen molar-refractivity contribution < 1.29 is 14.4 Å². The predicted molar refractivity (Wildman–Crippen MR) is 94.6 cm³/mol. The van der Waals surface area contributed by atoms with Crippen molar-refractivity contribution in [2.45, 2.75) is 0 Å². The zero-order valence-electron chi connectivity index (χ0n) is 12.1. The largest absolute Gasteiger partial charge is 0.335 e. The lowest BCUT2D eigenvalue weighted by atomic mass is 10.1. The molecule has 0 atom stereocenters. The molecule has 1 saturated heterocycles. The molecule has 0 unspecified atom stereocenters. The number of carbonyl (C=O) groups is 3. The van der Waals surface area contributed by atoms with Gasteiger partial charge in [0.2, 0.25) is 0 Å². The first kappa shape index (κ1) is 16.4. The van der Waals surface area contributed by atoms with E-state index in [-0.39, 0.29) is 16.3 Å². The Balaban J connectivity index is 2.05. The van der Waals surface area contributed by atoms with Gasteiger partial charge in [0, 0.05) is 4.47 Å². The van der Waals surface area contributed by atoms with Crippen molar-refractivity contribution in [3.63, 3.8) is 0 Å². The van der Waals surface area contributed by atoms with Gasteiger partial charge in [0.25, 0.3) is 11.8 Å². The lowest BCUT2D eigenvalue weighted by Gasteiger charge is -2.27. The molecule has 120 valence electrons. The van der Waals surface area contributed by atoms with Gasteiger partial charge < -0.3 is 0 Å². The Morgan fingerprint density at radius 1 is 1.04 bits per heavy atom. The highest BCUT2D eigenvalue weighted by molar-refractivity contribution is 9.10. The fourth-order valence-electron chi connectivity index (χ4n) is 2.27. The number of barbiturate groups is 1. The summed E-state index contributed by atoms with van der Waals surface area (Å²) >= 11 is 9.40. The number of imide groups is 2. The lowest BCUT2D eigenvalue weighted by molar-refractivity contribution is -0.122. The van der Waals surface area contributed by atoms with Crippen LogP contribution in [0, 0.1) is 0 Å². The molecule has 1 aliphatic rings. The molecule has 0 aromatic heterocycles. The number of hydrogen-bond donors (Lipinski definition) is 1. The van der Waals surface area contributed by atoms with Crippen molar-refractivity contribution in [2.24, 2.45) is 0 Å². The van der Waals surface area contributed by atoms with Crippen molar-refractivity contribution in [3.05, 3.63) is 69.2 Å². The van der Waals surface area contributed by atoms with E-state index < -0.39 is 17.8 Å². The molecule has 2 aromatic rings. The van der Waals surface area contributed by atoms with E-state index in [1.807, 2.05) is 6.07 Å². The van der Waals surface area contributed by atoms with Gasteiger partial charge in [-0.05, 0) is 35.9 Å². The Kier molecular flexibility index (Phi) is 4.51. The van der Waals surface area contributed by atoms with Gasteiger partial charge >= 0.3 is 6.03 Å². The molecule has 0 saturated carbocycles. The number of benzene rings is 2. The summed E-state index contributed by atoms with van der Waals surface area (Å²) in [4.78, 5) is 37.7. The van der Waals surface area contributed by atoms with E-state index in [1.165, 1.54) is 12.1 Å². The molecule has 0 spiro atoms. The number of para-hydroxylation sites is 1. The van der Waals surface area contributed by atoms with Crippen molar-refractivity contribution in [1.82, 2.24) is 5.32 Å². The van der Waals surface area contributed by atoms with Crippen molar-refractivity contribution in [2.75, 3.05) is 4.90 Å². The van der Waals surface area contributed by atoms with Crippen molar-refractivity contribution >= 4 is 57.1 Å². The highest BCUT2D eigenvalue weighted by atomic mass is 79.9. The molecular weight excluding hydrogens is 396 g/mol. The lowest BCUT2D eigenvalue weighted by Crippen LogP contribution is -2.54. The number of rotatable bonds is 2. The van der Waals surface area contributed by atoms with Gasteiger partial charge in [0.15, 0.2) is 0 Å². The third kappa shape index (κ3) is 3.11. The van der Waals surface area contributed by atoms with Crippen LogP contribution in [-0.4, -0.2) is 17.8 Å². The second-order valence-electron chi connectivity index (χ2n) is 4.96.